The Bertz CT molecular complexity index is 368. The van der Waals surface area contributed by atoms with Gasteiger partial charge in [0.2, 0.25) is 5.91 Å². The molecule has 0 spiro atoms. The first-order valence-corrected chi connectivity index (χ1v) is 6.75. The van der Waals surface area contributed by atoms with E-state index in [1.807, 2.05) is 37.1 Å². The van der Waals surface area contributed by atoms with Crippen LogP contribution in [-0.4, -0.2) is 48.7 Å². The number of nitrogens with zero attached hydrogens (tertiary/aromatic N) is 1. The SMILES string of the molecule is CC(CO)N(C)CC(=O)NCCCc1ccccc1. The lowest BCUT2D eigenvalue weighted by Gasteiger charge is -2.21. The molecule has 1 aromatic rings. The Hall–Kier alpha value is -1.39. The molecule has 0 aliphatic carbocycles. The van der Waals surface area contributed by atoms with Crippen LogP contribution in [0.3, 0.4) is 0 Å². The lowest BCUT2D eigenvalue weighted by Crippen LogP contribution is -2.41. The molecule has 2 N–H and O–H groups in total. The van der Waals surface area contributed by atoms with E-state index >= 15 is 0 Å². The minimum atomic E-state index is 0.00932. The zero-order valence-corrected chi connectivity index (χ0v) is 11.8. The molecule has 106 valence electrons. The van der Waals surface area contributed by atoms with Crippen molar-refractivity contribution in [2.24, 2.45) is 0 Å². The second kappa shape index (κ2) is 8.67. The van der Waals surface area contributed by atoms with Crippen molar-refractivity contribution in [3.05, 3.63) is 35.9 Å². The van der Waals surface area contributed by atoms with E-state index in [2.05, 4.69) is 17.4 Å². The van der Waals surface area contributed by atoms with Gasteiger partial charge in [0.15, 0.2) is 0 Å². The van der Waals surface area contributed by atoms with Gasteiger partial charge < -0.3 is 10.4 Å². The minimum Gasteiger partial charge on any atom is -0.395 e. The maximum absolute atomic E-state index is 11.7. The van der Waals surface area contributed by atoms with Gasteiger partial charge in [-0.25, -0.2) is 0 Å². The Morgan fingerprint density at radius 2 is 2.05 bits per heavy atom. The number of aryl methyl sites for hydroxylation is 1. The fourth-order valence-corrected chi connectivity index (χ4v) is 1.74. The molecule has 0 aromatic heterocycles. The van der Waals surface area contributed by atoms with Crippen molar-refractivity contribution in [2.75, 3.05) is 26.7 Å². The molecule has 1 unspecified atom stereocenters. The molecule has 1 amide bonds. The molecule has 0 saturated heterocycles. The Morgan fingerprint density at radius 3 is 2.68 bits per heavy atom. The van der Waals surface area contributed by atoms with Crippen LogP contribution < -0.4 is 5.32 Å². The molecular formula is C15H24N2O2. The van der Waals surface area contributed by atoms with Crippen molar-refractivity contribution in [1.82, 2.24) is 10.2 Å². The van der Waals surface area contributed by atoms with Crippen molar-refractivity contribution in [3.8, 4) is 0 Å². The highest BCUT2D eigenvalue weighted by molar-refractivity contribution is 5.77. The maximum Gasteiger partial charge on any atom is 0.234 e. The van der Waals surface area contributed by atoms with Gasteiger partial charge in [-0.3, -0.25) is 9.69 Å². The van der Waals surface area contributed by atoms with E-state index < -0.39 is 0 Å². The summed E-state index contributed by atoms with van der Waals surface area (Å²) in [6.45, 7) is 2.97. The van der Waals surface area contributed by atoms with Crippen molar-refractivity contribution >= 4 is 5.91 Å². The highest BCUT2D eigenvalue weighted by atomic mass is 16.3. The molecule has 19 heavy (non-hydrogen) atoms. The van der Waals surface area contributed by atoms with Crippen molar-refractivity contribution in [2.45, 2.75) is 25.8 Å². The van der Waals surface area contributed by atoms with Crippen LogP contribution in [0.5, 0.6) is 0 Å². The van der Waals surface area contributed by atoms with E-state index in [0.29, 0.717) is 13.1 Å². The average Bonchev–Trinajstić information content (AvgIpc) is 2.43. The summed E-state index contributed by atoms with van der Waals surface area (Å²) in [7, 11) is 1.84. The van der Waals surface area contributed by atoms with Gasteiger partial charge in [-0.1, -0.05) is 30.3 Å². The first-order valence-electron chi connectivity index (χ1n) is 6.75. The zero-order chi connectivity index (χ0) is 14.1. The number of hydrogen-bond donors (Lipinski definition) is 2. The summed E-state index contributed by atoms with van der Waals surface area (Å²) in [5.41, 5.74) is 1.29. The lowest BCUT2D eigenvalue weighted by molar-refractivity contribution is -0.122. The number of aliphatic hydroxyl groups excluding tert-OH is 1. The Labute approximate surface area is 115 Å². The third-order valence-electron chi connectivity index (χ3n) is 3.22. The molecule has 0 fully saturated rings. The number of benzene rings is 1. The van der Waals surface area contributed by atoms with Crippen molar-refractivity contribution in [3.63, 3.8) is 0 Å². The molecule has 0 radical (unpaired) electrons. The summed E-state index contributed by atoms with van der Waals surface area (Å²) in [6, 6.07) is 10.3. The van der Waals surface area contributed by atoms with Crippen LogP contribution in [0.1, 0.15) is 18.9 Å². The van der Waals surface area contributed by atoms with Crippen molar-refractivity contribution < 1.29 is 9.90 Å². The third kappa shape index (κ3) is 6.36. The summed E-state index contributed by atoms with van der Waals surface area (Å²) in [4.78, 5) is 13.5. The standard InChI is InChI=1S/C15H24N2O2/c1-13(12-18)17(2)11-15(19)16-10-6-9-14-7-4-3-5-8-14/h3-5,7-8,13,18H,6,9-12H2,1-2H3,(H,16,19). The fourth-order valence-electron chi connectivity index (χ4n) is 1.74. The van der Waals surface area contributed by atoms with Gasteiger partial charge in [0.1, 0.15) is 0 Å². The van der Waals surface area contributed by atoms with Crippen LogP contribution >= 0.6 is 0 Å². The number of amides is 1. The number of carbonyl (C=O) groups excluding carboxylic acids is 1. The molecular weight excluding hydrogens is 240 g/mol. The van der Waals surface area contributed by atoms with E-state index in [9.17, 15) is 4.79 Å². The summed E-state index contributed by atoms with van der Waals surface area (Å²) in [6.07, 6.45) is 1.92. The summed E-state index contributed by atoms with van der Waals surface area (Å²) in [5.74, 6) is 0.0101. The van der Waals surface area contributed by atoms with E-state index in [1.165, 1.54) is 5.56 Å². The predicted molar refractivity (Wildman–Crippen MR) is 77.0 cm³/mol. The van der Waals surface area contributed by atoms with Crippen LogP contribution in [-0.2, 0) is 11.2 Å². The Balaban J connectivity index is 2.14. The molecule has 1 aromatic carbocycles. The lowest BCUT2D eigenvalue weighted by atomic mass is 10.1. The van der Waals surface area contributed by atoms with E-state index in [-0.39, 0.29) is 18.6 Å². The number of nitrogens with one attached hydrogen (secondary N) is 1. The average molecular weight is 264 g/mol. The van der Waals surface area contributed by atoms with E-state index in [0.717, 1.165) is 12.8 Å². The van der Waals surface area contributed by atoms with Gasteiger partial charge in [0.05, 0.1) is 13.2 Å². The molecule has 4 heteroatoms. The smallest absolute Gasteiger partial charge is 0.234 e. The molecule has 0 saturated carbocycles. The van der Waals surface area contributed by atoms with Crippen LogP contribution in [0, 0.1) is 0 Å². The Morgan fingerprint density at radius 1 is 1.37 bits per heavy atom. The number of aliphatic hydroxyl groups is 1. The van der Waals surface area contributed by atoms with E-state index in [4.69, 9.17) is 5.11 Å². The van der Waals surface area contributed by atoms with Gasteiger partial charge in [0.25, 0.3) is 0 Å². The third-order valence-corrected chi connectivity index (χ3v) is 3.22. The fraction of sp³-hybridized carbons (Fsp3) is 0.533. The van der Waals surface area contributed by atoms with Gasteiger partial charge in [0, 0.05) is 12.6 Å². The number of carbonyl (C=O) groups is 1. The van der Waals surface area contributed by atoms with E-state index in [1.54, 1.807) is 0 Å². The maximum atomic E-state index is 11.7. The van der Waals surface area contributed by atoms with Gasteiger partial charge in [-0.2, -0.15) is 0 Å². The molecule has 0 heterocycles. The largest absolute Gasteiger partial charge is 0.395 e. The van der Waals surface area contributed by atoms with Crippen LogP contribution in [0.4, 0.5) is 0 Å². The highest BCUT2D eigenvalue weighted by Gasteiger charge is 2.11. The molecule has 1 rings (SSSR count). The number of hydrogen-bond acceptors (Lipinski definition) is 3. The topological polar surface area (TPSA) is 52.6 Å². The quantitative estimate of drug-likeness (QED) is 0.690. The number of likely N-dealkylation sites (N-methyl/N-ethyl adjacent to an activating group) is 1. The van der Waals surface area contributed by atoms with Crippen LogP contribution in [0.25, 0.3) is 0 Å². The van der Waals surface area contributed by atoms with Gasteiger partial charge in [-0.15, -0.1) is 0 Å². The second-order valence-corrected chi connectivity index (χ2v) is 4.89. The molecule has 0 aliphatic rings. The summed E-state index contributed by atoms with van der Waals surface area (Å²) in [5, 5.41) is 11.9. The second-order valence-electron chi connectivity index (χ2n) is 4.89. The highest BCUT2D eigenvalue weighted by Crippen LogP contribution is 2.01. The monoisotopic (exact) mass is 264 g/mol. The molecule has 1 atom stereocenters. The summed E-state index contributed by atoms with van der Waals surface area (Å²) >= 11 is 0. The predicted octanol–water partition coefficient (Wildman–Crippen LogP) is 1.05. The molecule has 4 nitrogen and oxygen atoms in total. The van der Waals surface area contributed by atoms with Gasteiger partial charge in [-0.05, 0) is 32.4 Å². The Kier molecular flexibility index (Phi) is 7.15. The summed E-state index contributed by atoms with van der Waals surface area (Å²) < 4.78 is 0. The molecule has 0 bridgehead atoms. The normalized spacial score (nSPS) is 12.4. The number of rotatable bonds is 8. The minimum absolute atomic E-state index is 0.00932. The van der Waals surface area contributed by atoms with Crippen LogP contribution in [0.15, 0.2) is 30.3 Å². The van der Waals surface area contributed by atoms with Crippen LogP contribution in [0.2, 0.25) is 0 Å². The zero-order valence-electron chi connectivity index (χ0n) is 11.8. The van der Waals surface area contributed by atoms with Gasteiger partial charge >= 0.3 is 0 Å². The first kappa shape index (κ1) is 15.7. The molecule has 0 aliphatic heterocycles. The first-order chi connectivity index (χ1) is 9.13. The van der Waals surface area contributed by atoms with Crippen molar-refractivity contribution in [1.29, 1.82) is 0 Å².